The third-order valence-electron chi connectivity index (χ3n) is 2.04. The molecule has 0 rings (SSSR count). The summed E-state index contributed by atoms with van der Waals surface area (Å²) >= 11 is 0. The number of ether oxygens (including phenoxy) is 2. The number of esters is 1. The molecule has 0 heterocycles. The molecule has 0 saturated carbocycles. The Morgan fingerprint density at radius 2 is 1.80 bits per heavy atom. The van der Waals surface area contributed by atoms with Crippen LogP contribution in [0.25, 0.3) is 0 Å². The van der Waals surface area contributed by atoms with Crippen LogP contribution in [0.1, 0.15) is 59.3 Å². The normalized spacial score (nSPS) is 8.20. The van der Waals surface area contributed by atoms with Crippen LogP contribution in [0.3, 0.4) is 0 Å². The molecule has 0 atom stereocenters. The zero-order valence-corrected chi connectivity index (χ0v) is 14.6. The maximum atomic E-state index is 9.94. The molecule has 0 aliphatic rings. The molecule has 0 spiro atoms. The summed E-state index contributed by atoms with van der Waals surface area (Å²) in [5.41, 5.74) is 0. The summed E-state index contributed by atoms with van der Waals surface area (Å²) in [4.78, 5) is 9.94. The van der Waals surface area contributed by atoms with E-state index in [9.17, 15) is 4.79 Å². The summed E-state index contributed by atoms with van der Waals surface area (Å²) in [6.45, 7) is 6.57. The monoisotopic (exact) mass is 320 g/mol. The summed E-state index contributed by atoms with van der Waals surface area (Å²) in [6, 6.07) is 0. The van der Waals surface area contributed by atoms with Crippen molar-refractivity contribution in [1.82, 2.24) is 0 Å². The first kappa shape index (κ1) is 24.5. The summed E-state index contributed by atoms with van der Waals surface area (Å²) in [7, 11) is 0. The summed E-state index contributed by atoms with van der Waals surface area (Å²) in [5.74, 6) is 2.44. The predicted octanol–water partition coefficient (Wildman–Crippen LogP) is 2.88. The first-order valence-corrected chi connectivity index (χ1v) is 7.08. The number of hydrogen-bond donors (Lipinski definition) is 1. The zero-order valence-electron chi connectivity index (χ0n) is 13.0. The van der Waals surface area contributed by atoms with Gasteiger partial charge in [-0.05, 0) is 19.8 Å². The van der Waals surface area contributed by atoms with Crippen molar-refractivity contribution in [3.63, 3.8) is 0 Å². The fraction of sp³-hybridized carbons (Fsp3) is 0.800. The maximum absolute atomic E-state index is 9.94. The first-order valence-electron chi connectivity index (χ1n) is 7.08. The molecule has 20 heavy (non-hydrogen) atoms. The van der Waals surface area contributed by atoms with Crippen LogP contribution in [0, 0.1) is 12.0 Å². The van der Waals surface area contributed by atoms with Gasteiger partial charge in [0.1, 0.15) is 12.7 Å². The number of rotatable bonds is 8. The molecule has 0 amide bonds. The van der Waals surface area contributed by atoms with Gasteiger partial charge in [-0.25, -0.2) is 4.79 Å². The van der Waals surface area contributed by atoms with Crippen molar-refractivity contribution in [2.24, 2.45) is 0 Å². The average molecular weight is 320 g/mol. The molecule has 0 aliphatic carbocycles. The summed E-state index contributed by atoms with van der Waals surface area (Å²) in [5, 5.41) is 7.99. The second kappa shape index (κ2) is 23.6. The van der Waals surface area contributed by atoms with Gasteiger partial charge in [-0.3, -0.25) is 0 Å². The largest absolute Gasteiger partial charge is 0.464 e. The van der Waals surface area contributed by atoms with E-state index in [1.54, 1.807) is 6.92 Å². The number of carbonyl (C=O) groups is 1. The van der Waals surface area contributed by atoms with Crippen molar-refractivity contribution < 1.29 is 41.1 Å². The van der Waals surface area contributed by atoms with Crippen molar-refractivity contribution in [1.29, 1.82) is 0 Å². The molecular formula is C15H28O4Ti. The quantitative estimate of drug-likeness (QED) is 0.323. The molecule has 0 radical (unpaired) electrons. The second-order valence-corrected chi connectivity index (χ2v) is 3.90. The average Bonchev–Trinajstić information content (AvgIpc) is 2.43. The van der Waals surface area contributed by atoms with Crippen LogP contribution in [-0.2, 0) is 36.0 Å². The molecule has 0 aromatic heterocycles. The minimum Gasteiger partial charge on any atom is -0.464 e. The molecule has 0 unspecified atom stereocenters. The summed E-state index contributed by atoms with van der Waals surface area (Å²) in [6.07, 6.45) is 9.89. The molecule has 4 nitrogen and oxygen atoms in total. The number of unbranched alkanes of at least 4 members (excludes halogenated alkanes) is 4. The Morgan fingerprint density at radius 3 is 2.25 bits per heavy atom. The molecule has 0 fully saturated rings. The first-order chi connectivity index (χ1) is 9.22. The molecule has 0 bridgehead atoms. The van der Waals surface area contributed by atoms with E-state index in [0.29, 0.717) is 6.61 Å². The van der Waals surface area contributed by atoms with Crippen molar-refractivity contribution in [3.8, 4) is 12.0 Å². The Bertz CT molecular complexity index is 246. The van der Waals surface area contributed by atoms with E-state index < -0.39 is 12.6 Å². The molecule has 5 heteroatoms. The number of aliphatic hydroxyl groups excluding tert-OH is 1. The van der Waals surface area contributed by atoms with E-state index in [1.807, 2.05) is 0 Å². The minimum absolute atomic E-state index is 0. The van der Waals surface area contributed by atoms with Gasteiger partial charge in [-0.1, -0.05) is 39.0 Å². The van der Waals surface area contributed by atoms with Gasteiger partial charge in [0.05, 0.1) is 13.2 Å². The van der Waals surface area contributed by atoms with Gasteiger partial charge in [0.2, 0.25) is 0 Å². The van der Waals surface area contributed by atoms with Crippen molar-refractivity contribution >= 4 is 5.97 Å². The SMILES string of the molecule is CCCCCCC#COCCC.CCOC(=O)CO.[Ti]. The van der Waals surface area contributed by atoms with E-state index in [1.165, 1.54) is 25.7 Å². The van der Waals surface area contributed by atoms with Gasteiger partial charge in [-0.2, -0.15) is 0 Å². The molecule has 1 N–H and O–H groups in total. The van der Waals surface area contributed by atoms with E-state index >= 15 is 0 Å². The van der Waals surface area contributed by atoms with Gasteiger partial charge in [0.15, 0.2) is 0 Å². The van der Waals surface area contributed by atoms with Crippen LogP contribution < -0.4 is 0 Å². The Morgan fingerprint density at radius 1 is 1.10 bits per heavy atom. The van der Waals surface area contributed by atoms with Gasteiger partial charge in [-0.15, -0.1) is 0 Å². The van der Waals surface area contributed by atoms with E-state index in [4.69, 9.17) is 9.84 Å². The minimum atomic E-state index is -0.567. The number of carbonyl (C=O) groups excluding carboxylic acids is 1. The van der Waals surface area contributed by atoms with Crippen molar-refractivity contribution in [2.45, 2.75) is 59.3 Å². The Kier molecular flexibility index (Phi) is 28.9. The van der Waals surface area contributed by atoms with Crippen LogP contribution in [0.2, 0.25) is 0 Å². The zero-order chi connectivity index (χ0) is 14.8. The molecule has 116 valence electrons. The van der Waals surface area contributed by atoms with E-state index in [-0.39, 0.29) is 21.7 Å². The van der Waals surface area contributed by atoms with Crippen LogP contribution >= 0.6 is 0 Å². The third-order valence-corrected chi connectivity index (χ3v) is 2.04. The van der Waals surface area contributed by atoms with E-state index in [0.717, 1.165) is 19.4 Å². The second-order valence-electron chi connectivity index (χ2n) is 3.90. The van der Waals surface area contributed by atoms with Gasteiger partial charge < -0.3 is 14.6 Å². The van der Waals surface area contributed by atoms with Gasteiger partial charge in [0, 0.05) is 28.1 Å². The molecule has 0 saturated heterocycles. The van der Waals surface area contributed by atoms with E-state index in [2.05, 4.69) is 30.6 Å². The van der Waals surface area contributed by atoms with Crippen LogP contribution in [-0.4, -0.2) is 30.9 Å². The molecule has 0 aromatic rings. The Balaban J connectivity index is -0.000000312. The summed E-state index contributed by atoms with van der Waals surface area (Å²) < 4.78 is 9.33. The fourth-order valence-electron chi connectivity index (χ4n) is 1.10. The van der Waals surface area contributed by atoms with Crippen LogP contribution in [0.15, 0.2) is 0 Å². The Labute approximate surface area is 138 Å². The fourth-order valence-corrected chi connectivity index (χ4v) is 1.10. The third kappa shape index (κ3) is 26.1. The molecular weight excluding hydrogens is 292 g/mol. The topological polar surface area (TPSA) is 55.8 Å². The maximum Gasteiger partial charge on any atom is 0.331 e. The molecule has 0 aliphatic heterocycles. The number of aliphatic hydroxyl groups is 1. The van der Waals surface area contributed by atoms with Crippen molar-refractivity contribution in [2.75, 3.05) is 19.8 Å². The van der Waals surface area contributed by atoms with Crippen LogP contribution in [0.5, 0.6) is 0 Å². The molecule has 0 aromatic carbocycles. The van der Waals surface area contributed by atoms with Crippen LogP contribution in [0.4, 0.5) is 0 Å². The van der Waals surface area contributed by atoms with Crippen molar-refractivity contribution in [3.05, 3.63) is 0 Å². The Hall–Kier alpha value is -0.496. The number of hydrogen-bond acceptors (Lipinski definition) is 4. The predicted molar refractivity (Wildman–Crippen MR) is 76.5 cm³/mol. The van der Waals surface area contributed by atoms with Gasteiger partial charge >= 0.3 is 5.97 Å². The smallest absolute Gasteiger partial charge is 0.331 e. The standard InChI is InChI=1S/C11H20O.C4H8O3.Ti/c1-3-5-6-7-8-9-11-12-10-4-2;1-2-7-4(6)3-5;/h3-8,10H2,1-2H3;5H,2-3H2,1H3;. The van der Waals surface area contributed by atoms with Gasteiger partial charge in [0.25, 0.3) is 0 Å².